The molecule has 1 aromatic carbocycles. The highest BCUT2D eigenvalue weighted by Gasteiger charge is 2.37. The van der Waals surface area contributed by atoms with Crippen LogP contribution in [0.3, 0.4) is 0 Å². The van der Waals surface area contributed by atoms with Gasteiger partial charge in [-0.25, -0.2) is 0 Å². The van der Waals surface area contributed by atoms with Crippen LogP contribution in [0.4, 0.5) is 13.2 Å². The van der Waals surface area contributed by atoms with Crippen molar-refractivity contribution in [3.63, 3.8) is 0 Å². The van der Waals surface area contributed by atoms with Crippen LogP contribution >= 0.6 is 11.8 Å². The van der Waals surface area contributed by atoms with E-state index in [1.54, 1.807) is 44.2 Å². The Morgan fingerprint density at radius 1 is 1.18 bits per heavy atom. The van der Waals surface area contributed by atoms with E-state index in [2.05, 4.69) is 0 Å². The van der Waals surface area contributed by atoms with Crippen LogP contribution in [0.15, 0.2) is 30.3 Å². The third-order valence-electron chi connectivity index (χ3n) is 2.18. The lowest BCUT2D eigenvalue weighted by Crippen LogP contribution is -2.19. The van der Waals surface area contributed by atoms with E-state index in [1.807, 2.05) is 0 Å². The quantitative estimate of drug-likeness (QED) is 0.808. The zero-order valence-corrected chi connectivity index (χ0v) is 10.3. The molecule has 1 rings (SSSR count). The van der Waals surface area contributed by atoms with Gasteiger partial charge in [-0.05, 0) is 17.3 Å². The van der Waals surface area contributed by atoms with Gasteiger partial charge in [-0.15, -0.1) is 0 Å². The van der Waals surface area contributed by atoms with Gasteiger partial charge in [0.25, 0.3) is 0 Å². The summed E-state index contributed by atoms with van der Waals surface area (Å²) in [4.78, 5) is 11.8. The monoisotopic (exact) mass is 262 g/mol. The molecule has 1 atom stereocenters. The lowest BCUT2D eigenvalue weighted by atomic mass is 10.0. The molecule has 0 fully saturated rings. The number of alkyl halides is 3. The molecule has 0 radical (unpaired) electrons. The largest absolute Gasteiger partial charge is 0.442 e. The molecule has 0 aliphatic carbocycles. The third-order valence-corrected chi connectivity index (χ3v) is 3.19. The summed E-state index contributed by atoms with van der Waals surface area (Å²) in [6.07, 6.45) is 0. The Morgan fingerprint density at radius 3 is 2.12 bits per heavy atom. The molecule has 0 aliphatic rings. The summed E-state index contributed by atoms with van der Waals surface area (Å²) in [5.74, 6) is -0.825. The van der Waals surface area contributed by atoms with E-state index >= 15 is 0 Å². The van der Waals surface area contributed by atoms with Gasteiger partial charge >= 0.3 is 5.51 Å². The molecule has 5 heteroatoms. The number of carbonyl (C=O) groups excluding carboxylic acids is 1. The Labute approximate surface area is 102 Å². The minimum atomic E-state index is -4.41. The smallest absolute Gasteiger partial charge is 0.298 e. The molecule has 1 unspecified atom stereocenters. The first-order valence-corrected chi connectivity index (χ1v) is 6.02. The van der Waals surface area contributed by atoms with Crippen LogP contribution in [0, 0.1) is 5.92 Å². The second-order valence-electron chi connectivity index (χ2n) is 3.91. The molecule has 94 valence electrons. The van der Waals surface area contributed by atoms with Crippen LogP contribution < -0.4 is 0 Å². The standard InChI is InChI=1S/C12H13F3OS/c1-8(2)10(16)11(17-12(13,14)15)9-6-4-3-5-7-9/h3-8,11H,1-2H3. The van der Waals surface area contributed by atoms with Gasteiger partial charge in [-0.1, -0.05) is 44.2 Å². The van der Waals surface area contributed by atoms with Gasteiger partial charge in [-0.3, -0.25) is 4.79 Å². The first-order valence-electron chi connectivity index (χ1n) is 5.14. The van der Waals surface area contributed by atoms with E-state index < -0.39 is 22.5 Å². The average molecular weight is 262 g/mol. The van der Waals surface area contributed by atoms with E-state index in [1.165, 1.54) is 0 Å². The van der Waals surface area contributed by atoms with E-state index in [4.69, 9.17) is 0 Å². The summed E-state index contributed by atoms with van der Waals surface area (Å²) >= 11 is -0.258. The maximum absolute atomic E-state index is 12.4. The average Bonchev–Trinajstić information content (AvgIpc) is 2.25. The van der Waals surface area contributed by atoms with Crippen LogP contribution in [-0.4, -0.2) is 11.3 Å². The molecule has 1 nitrogen and oxygen atoms in total. The number of ketones is 1. The minimum absolute atomic E-state index is 0.258. The molecule has 0 amide bonds. The van der Waals surface area contributed by atoms with E-state index in [9.17, 15) is 18.0 Å². The number of hydrogen-bond donors (Lipinski definition) is 0. The lowest BCUT2D eigenvalue weighted by Gasteiger charge is -2.19. The van der Waals surface area contributed by atoms with Crippen molar-refractivity contribution in [2.75, 3.05) is 0 Å². The summed E-state index contributed by atoms with van der Waals surface area (Å²) in [5, 5.41) is -1.17. The fourth-order valence-electron chi connectivity index (χ4n) is 1.35. The van der Waals surface area contributed by atoms with Crippen LogP contribution in [-0.2, 0) is 4.79 Å². The molecule has 0 aromatic heterocycles. The van der Waals surface area contributed by atoms with Gasteiger partial charge in [0, 0.05) is 5.92 Å². The summed E-state index contributed by atoms with van der Waals surface area (Å²) in [6, 6.07) is 8.06. The Hall–Kier alpha value is -0.970. The molecule has 0 N–H and O–H groups in total. The predicted octanol–water partition coefficient (Wildman–Crippen LogP) is 4.21. The van der Waals surface area contributed by atoms with Crippen molar-refractivity contribution in [2.24, 2.45) is 5.92 Å². The van der Waals surface area contributed by atoms with Crippen molar-refractivity contribution in [2.45, 2.75) is 24.6 Å². The Morgan fingerprint density at radius 2 is 1.71 bits per heavy atom. The summed E-state index contributed by atoms with van der Waals surface area (Å²) in [7, 11) is 0. The van der Waals surface area contributed by atoms with Crippen molar-refractivity contribution < 1.29 is 18.0 Å². The first kappa shape index (κ1) is 14.1. The summed E-state index contributed by atoms with van der Waals surface area (Å²) in [5.41, 5.74) is -4.01. The molecular weight excluding hydrogens is 249 g/mol. The molecule has 0 bridgehead atoms. The zero-order chi connectivity index (χ0) is 13.1. The predicted molar refractivity (Wildman–Crippen MR) is 62.7 cm³/mol. The highest BCUT2D eigenvalue weighted by Crippen LogP contribution is 2.43. The number of carbonyl (C=O) groups is 1. The van der Waals surface area contributed by atoms with E-state index in [0.29, 0.717) is 5.56 Å². The van der Waals surface area contributed by atoms with E-state index in [0.717, 1.165) is 0 Å². The molecule has 0 saturated carbocycles. The van der Waals surface area contributed by atoms with Gasteiger partial charge in [-0.2, -0.15) is 13.2 Å². The van der Waals surface area contributed by atoms with Crippen molar-refractivity contribution >= 4 is 17.5 Å². The Kier molecular flexibility index (Phi) is 4.62. The summed E-state index contributed by atoms with van der Waals surface area (Å²) in [6.45, 7) is 3.21. The molecule has 0 heterocycles. The topological polar surface area (TPSA) is 17.1 Å². The highest BCUT2D eigenvalue weighted by atomic mass is 32.2. The van der Waals surface area contributed by atoms with Gasteiger partial charge in [0.15, 0.2) is 5.78 Å². The second-order valence-corrected chi connectivity index (χ2v) is 5.08. The maximum Gasteiger partial charge on any atom is 0.442 e. The van der Waals surface area contributed by atoms with Crippen LogP contribution in [0.2, 0.25) is 0 Å². The number of halogens is 3. The normalized spacial score (nSPS) is 13.8. The molecule has 0 saturated heterocycles. The Bertz CT molecular complexity index is 373. The molecule has 17 heavy (non-hydrogen) atoms. The molecular formula is C12H13F3OS. The zero-order valence-electron chi connectivity index (χ0n) is 9.49. The van der Waals surface area contributed by atoms with E-state index in [-0.39, 0.29) is 11.8 Å². The number of rotatable bonds is 4. The SMILES string of the molecule is CC(C)C(=O)C(SC(F)(F)F)c1ccccc1. The molecule has 0 aliphatic heterocycles. The fourth-order valence-corrected chi connectivity index (χ4v) is 2.30. The van der Waals surface area contributed by atoms with Crippen LogP contribution in [0.5, 0.6) is 0 Å². The van der Waals surface area contributed by atoms with Crippen molar-refractivity contribution in [1.82, 2.24) is 0 Å². The van der Waals surface area contributed by atoms with Gasteiger partial charge in [0.05, 0.1) is 5.25 Å². The van der Waals surface area contributed by atoms with Crippen molar-refractivity contribution in [3.05, 3.63) is 35.9 Å². The van der Waals surface area contributed by atoms with Gasteiger partial charge < -0.3 is 0 Å². The van der Waals surface area contributed by atoms with Crippen molar-refractivity contribution in [1.29, 1.82) is 0 Å². The third kappa shape index (κ3) is 4.42. The first-order chi connectivity index (χ1) is 7.81. The molecule has 1 aromatic rings. The number of thioether (sulfide) groups is 1. The number of benzene rings is 1. The highest BCUT2D eigenvalue weighted by molar-refractivity contribution is 8.01. The fraction of sp³-hybridized carbons (Fsp3) is 0.417. The van der Waals surface area contributed by atoms with Gasteiger partial charge in [0.2, 0.25) is 0 Å². The number of Topliss-reactive ketones (excluding diaryl/α,β-unsaturated/α-hetero) is 1. The van der Waals surface area contributed by atoms with Crippen molar-refractivity contribution in [3.8, 4) is 0 Å². The minimum Gasteiger partial charge on any atom is -0.298 e. The number of hydrogen-bond acceptors (Lipinski definition) is 2. The van der Waals surface area contributed by atoms with Gasteiger partial charge in [0.1, 0.15) is 0 Å². The molecule has 0 spiro atoms. The van der Waals surface area contributed by atoms with Crippen LogP contribution in [0.25, 0.3) is 0 Å². The lowest BCUT2D eigenvalue weighted by molar-refractivity contribution is -0.121. The summed E-state index contributed by atoms with van der Waals surface area (Å²) < 4.78 is 37.3. The second kappa shape index (κ2) is 5.58. The Balaban J connectivity index is 2.99. The maximum atomic E-state index is 12.4. The van der Waals surface area contributed by atoms with Crippen LogP contribution in [0.1, 0.15) is 24.7 Å².